The molecule has 3 rings (SSSR count). The van der Waals surface area contributed by atoms with Gasteiger partial charge in [-0.15, -0.1) is 0 Å². The molecule has 2 aromatic carbocycles. The molecule has 0 saturated heterocycles. The standard InChI is InChI=1S/C22H27AsSi/c1-24(2,3)22-15-14-19(18-22)16-17-23(20-10-6-4-7-11-20)21-12-8-5-9-13-21/h4-15,18,22H,16-17H2,1-3H3. The maximum absolute atomic E-state index is 2.55. The molecule has 1 aliphatic rings. The Labute approximate surface area is 152 Å². The van der Waals surface area contributed by atoms with Crippen LogP contribution in [0.3, 0.4) is 0 Å². The molecule has 1 aliphatic carbocycles. The average molecular weight is 394 g/mol. The van der Waals surface area contributed by atoms with Crippen LogP contribution in [0.2, 0.25) is 30.4 Å². The van der Waals surface area contributed by atoms with Gasteiger partial charge in [-0.25, -0.2) is 0 Å². The van der Waals surface area contributed by atoms with Crippen LogP contribution in [0.15, 0.2) is 84.5 Å². The molecular weight excluding hydrogens is 367 g/mol. The van der Waals surface area contributed by atoms with E-state index >= 15 is 0 Å². The fraction of sp³-hybridized carbons (Fsp3) is 0.273. The summed E-state index contributed by atoms with van der Waals surface area (Å²) in [4.78, 5) is 0. The fourth-order valence-electron chi connectivity index (χ4n) is 3.14. The molecular formula is C22H27AsSi. The summed E-state index contributed by atoms with van der Waals surface area (Å²) in [7, 11) is -1.10. The number of rotatable bonds is 6. The second kappa shape index (κ2) is 7.72. The van der Waals surface area contributed by atoms with Crippen LogP contribution in [0.25, 0.3) is 0 Å². The van der Waals surface area contributed by atoms with Gasteiger partial charge >= 0.3 is 153 Å². The molecule has 0 heterocycles. The van der Waals surface area contributed by atoms with Gasteiger partial charge in [0.1, 0.15) is 0 Å². The van der Waals surface area contributed by atoms with E-state index in [2.05, 4.69) is 98.5 Å². The van der Waals surface area contributed by atoms with Crippen molar-refractivity contribution in [2.45, 2.75) is 36.8 Å². The quantitative estimate of drug-likeness (QED) is 0.612. The summed E-state index contributed by atoms with van der Waals surface area (Å²) in [5.74, 6) is 0. The third-order valence-electron chi connectivity index (χ3n) is 4.67. The molecule has 1 unspecified atom stereocenters. The molecule has 0 radical (unpaired) electrons. The van der Waals surface area contributed by atoms with Crippen molar-refractivity contribution in [3.8, 4) is 0 Å². The van der Waals surface area contributed by atoms with Gasteiger partial charge in [-0.05, 0) is 0 Å². The van der Waals surface area contributed by atoms with Crippen LogP contribution < -0.4 is 8.70 Å². The molecule has 1 atom stereocenters. The molecule has 0 nitrogen and oxygen atoms in total. The van der Waals surface area contributed by atoms with Crippen molar-refractivity contribution in [3.05, 3.63) is 84.5 Å². The second-order valence-corrected chi connectivity index (χ2v) is 17.9. The second-order valence-electron chi connectivity index (χ2n) is 7.57. The summed E-state index contributed by atoms with van der Waals surface area (Å²) in [6.45, 7) is 7.40. The zero-order chi connectivity index (χ0) is 17.0. The Bertz CT molecular complexity index is 671. The Morgan fingerprint density at radius 2 is 1.38 bits per heavy atom. The molecule has 2 heteroatoms. The first kappa shape index (κ1) is 17.5. The van der Waals surface area contributed by atoms with E-state index in [4.69, 9.17) is 0 Å². The van der Waals surface area contributed by atoms with Crippen LogP contribution in [0.4, 0.5) is 0 Å². The minimum atomic E-state index is -1.21. The van der Waals surface area contributed by atoms with Gasteiger partial charge in [-0.3, -0.25) is 0 Å². The Balaban J connectivity index is 1.76. The monoisotopic (exact) mass is 394 g/mol. The van der Waals surface area contributed by atoms with E-state index in [1.165, 1.54) is 11.6 Å². The molecule has 0 aromatic heterocycles. The number of hydrogen-bond acceptors (Lipinski definition) is 0. The predicted molar refractivity (Wildman–Crippen MR) is 112 cm³/mol. The third-order valence-corrected chi connectivity index (χ3v) is 12.3. The normalized spacial score (nSPS) is 17.3. The average Bonchev–Trinajstić information content (AvgIpc) is 3.06. The Kier molecular flexibility index (Phi) is 5.63. The van der Waals surface area contributed by atoms with Crippen molar-refractivity contribution >= 4 is 31.4 Å². The van der Waals surface area contributed by atoms with Gasteiger partial charge < -0.3 is 0 Å². The predicted octanol–water partition coefficient (Wildman–Crippen LogP) is 4.89. The molecule has 0 aliphatic heterocycles. The van der Waals surface area contributed by atoms with Crippen LogP contribution in [-0.2, 0) is 0 Å². The van der Waals surface area contributed by atoms with Gasteiger partial charge in [-0.1, -0.05) is 0 Å². The van der Waals surface area contributed by atoms with Crippen LogP contribution in [-0.4, -0.2) is 22.7 Å². The fourth-order valence-corrected chi connectivity index (χ4v) is 9.48. The maximum atomic E-state index is 2.55. The Hall–Kier alpha value is -1.30. The van der Waals surface area contributed by atoms with Crippen molar-refractivity contribution in [2.75, 3.05) is 0 Å². The zero-order valence-corrected chi connectivity index (χ0v) is 17.8. The van der Waals surface area contributed by atoms with Gasteiger partial charge in [0.25, 0.3) is 0 Å². The van der Waals surface area contributed by atoms with Crippen molar-refractivity contribution in [2.24, 2.45) is 0 Å². The first-order valence-electron chi connectivity index (χ1n) is 8.80. The number of allylic oxidation sites excluding steroid dienone is 4. The van der Waals surface area contributed by atoms with E-state index in [0.717, 1.165) is 5.54 Å². The summed E-state index contributed by atoms with van der Waals surface area (Å²) >= 11 is -1.21. The first-order chi connectivity index (χ1) is 11.5. The summed E-state index contributed by atoms with van der Waals surface area (Å²) in [5.41, 5.74) is 2.29. The van der Waals surface area contributed by atoms with Gasteiger partial charge in [0.15, 0.2) is 0 Å². The van der Waals surface area contributed by atoms with Crippen molar-refractivity contribution in [1.82, 2.24) is 0 Å². The van der Waals surface area contributed by atoms with Gasteiger partial charge in [0.05, 0.1) is 0 Å². The summed E-state index contributed by atoms with van der Waals surface area (Å²) in [6.07, 6.45) is 8.62. The molecule has 0 spiro atoms. The SMILES string of the molecule is C[Si](C)(C)C1C=CC(CC[As](c2ccccc2)c2ccccc2)=C1. The third kappa shape index (κ3) is 4.40. The minimum absolute atomic E-state index is 0.724. The Morgan fingerprint density at radius 1 is 0.833 bits per heavy atom. The Morgan fingerprint density at radius 3 is 1.83 bits per heavy atom. The van der Waals surface area contributed by atoms with E-state index in [9.17, 15) is 0 Å². The van der Waals surface area contributed by atoms with Gasteiger partial charge in [0.2, 0.25) is 0 Å². The van der Waals surface area contributed by atoms with E-state index in [1.54, 1.807) is 14.3 Å². The van der Waals surface area contributed by atoms with E-state index < -0.39 is 22.7 Å². The van der Waals surface area contributed by atoms with Crippen LogP contribution in [0, 0.1) is 0 Å². The van der Waals surface area contributed by atoms with E-state index in [0.29, 0.717) is 0 Å². The van der Waals surface area contributed by atoms with Crippen LogP contribution in [0.1, 0.15) is 6.42 Å². The number of hydrogen-bond donors (Lipinski definition) is 0. The molecule has 2 aromatic rings. The van der Waals surface area contributed by atoms with Crippen LogP contribution >= 0.6 is 0 Å². The van der Waals surface area contributed by atoms with Gasteiger partial charge in [0, 0.05) is 0 Å². The molecule has 0 N–H and O–H groups in total. The molecule has 0 fully saturated rings. The van der Waals surface area contributed by atoms with Crippen molar-refractivity contribution in [1.29, 1.82) is 0 Å². The topological polar surface area (TPSA) is 0 Å². The molecule has 0 amide bonds. The van der Waals surface area contributed by atoms with Crippen molar-refractivity contribution in [3.63, 3.8) is 0 Å². The molecule has 0 saturated carbocycles. The summed E-state index contributed by atoms with van der Waals surface area (Å²) in [6, 6.07) is 22.3. The zero-order valence-electron chi connectivity index (χ0n) is 14.9. The van der Waals surface area contributed by atoms with E-state index in [1.807, 2.05) is 0 Å². The molecule has 0 bridgehead atoms. The van der Waals surface area contributed by atoms with E-state index in [-0.39, 0.29) is 0 Å². The van der Waals surface area contributed by atoms with Crippen molar-refractivity contribution < 1.29 is 0 Å². The van der Waals surface area contributed by atoms with Crippen LogP contribution in [0.5, 0.6) is 0 Å². The molecule has 124 valence electrons. The summed E-state index contributed by atoms with van der Waals surface area (Å²) < 4.78 is 3.14. The molecule has 24 heavy (non-hydrogen) atoms. The first-order valence-corrected chi connectivity index (χ1v) is 15.6. The number of benzene rings is 2. The summed E-state index contributed by atoms with van der Waals surface area (Å²) in [5, 5.41) is 1.32. The van der Waals surface area contributed by atoms with Gasteiger partial charge in [-0.2, -0.15) is 0 Å².